The van der Waals surface area contributed by atoms with E-state index in [0.29, 0.717) is 44.2 Å². The van der Waals surface area contributed by atoms with Crippen molar-refractivity contribution in [3.8, 4) is 11.5 Å². The number of likely N-dealkylation sites (N-methyl/N-ethyl adjacent to an activating group) is 2. The normalized spacial score (nSPS) is 23.6. The van der Waals surface area contributed by atoms with Crippen LogP contribution in [0.3, 0.4) is 0 Å². The number of nitrogens with one attached hydrogen (secondary N) is 1. The van der Waals surface area contributed by atoms with E-state index in [1.807, 2.05) is 30.1 Å². The smallest absolute Gasteiger partial charge is 0.239 e. The Morgan fingerprint density at radius 3 is 2.73 bits per heavy atom. The topological polar surface area (TPSA) is 80.3 Å². The first-order valence-electron chi connectivity index (χ1n) is 8.72. The predicted octanol–water partition coefficient (Wildman–Crippen LogP) is -0.385. The van der Waals surface area contributed by atoms with Gasteiger partial charge in [-0.2, -0.15) is 0 Å². The first kappa shape index (κ1) is 17.1. The van der Waals surface area contributed by atoms with Crippen LogP contribution in [0.15, 0.2) is 18.2 Å². The van der Waals surface area contributed by atoms with Gasteiger partial charge < -0.3 is 24.4 Å². The Morgan fingerprint density at radius 2 is 2.00 bits per heavy atom. The quantitative estimate of drug-likeness (QED) is 0.790. The molecule has 1 N–H and O–H groups in total. The minimum atomic E-state index is -0.357. The maximum absolute atomic E-state index is 12.5. The van der Waals surface area contributed by atoms with E-state index in [9.17, 15) is 9.59 Å². The van der Waals surface area contributed by atoms with Gasteiger partial charge in [-0.3, -0.25) is 14.5 Å². The molecule has 1 aromatic rings. The summed E-state index contributed by atoms with van der Waals surface area (Å²) in [4.78, 5) is 28.2. The van der Waals surface area contributed by atoms with Gasteiger partial charge in [0.25, 0.3) is 0 Å². The van der Waals surface area contributed by atoms with Gasteiger partial charge in [-0.15, -0.1) is 0 Å². The Kier molecular flexibility index (Phi) is 4.24. The number of ether oxygens (including phenoxy) is 3. The van der Waals surface area contributed by atoms with Crippen LogP contribution < -0.4 is 14.8 Å². The van der Waals surface area contributed by atoms with E-state index in [4.69, 9.17) is 14.2 Å². The van der Waals surface area contributed by atoms with Crippen LogP contribution in [0.5, 0.6) is 11.5 Å². The molecule has 2 saturated heterocycles. The lowest BCUT2D eigenvalue weighted by molar-refractivity contribution is -0.200. The minimum Gasteiger partial charge on any atom is -0.454 e. The molecular formula is C18H23N3O5. The van der Waals surface area contributed by atoms with Gasteiger partial charge in [0.2, 0.25) is 18.6 Å². The van der Waals surface area contributed by atoms with Crippen LogP contribution in [0.4, 0.5) is 0 Å². The van der Waals surface area contributed by atoms with Gasteiger partial charge in [0.15, 0.2) is 11.5 Å². The van der Waals surface area contributed by atoms with Gasteiger partial charge in [-0.25, -0.2) is 0 Å². The number of benzene rings is 1. The Hall–Kier alpha value is -2.32. The number of carbonyl (C=O) groups is 2. The largest absolute Gasteiger partial charge is 0.454 e. The van der Waals surface area contributed by atoms with Crippen molar-refractivity contribution < 1.29 is 23.8 Å². The number of carbonyl (C=O) groups excluding carboxylic acids is 2. The first-order valence-corrected chi connectivity index (χ1v) is 8.72. The van der Waals surface area contributed by atoms with Gasteiger partial charge >= 0.3 is 0 Å². The van der Waals surface area contributed by atoms with E-state index in [1.165, 1.54) is 0 Å². The third-order valence-corrected chi connectivity index (χ3v) is 5.27. The summed E-state index contributed by atoms with van der Waals surface area (Å²) in [6.45, 7) is 2.32. The molecule has 140 valence electrons. The number of likely N-dealkylation sites (tertiary alicyclic amines) is 1. The molecular weight excluding hydrogens is 338 g/mol. The van der Waals surface area contributed by atoms with Crippen molar-refractivity contribution in [2.45, 2.75) is 18.1 Å². The third kappa shape index (κ3) is 2.99. The average Bonchev–Trinajstić information content (AvgIpc) is 3.06. The zero-order chi connectivity index (χ0) is 18.3. The van der Waals surface area contributed by atoms with Crippen molar-refractivity contribution in [1.82, 2.24) is 15.1 Å². The molecule has 3 aliphatic rings. The SMILES string of the molecule is CNC(=O)[C@H]1COC2(CN(C(=O)Cc3ccc4c(c3)OCO4)C2)CN1C. The van der Waals surface area contributed by atoms with Crippen LogP contribution in [0.25, 0.3) is 0 Å². The van der Waals surface area contributed by atoms with Gasteiger partial charge in [-0.05, 0) is 24.7 Å². The molecule has 3 aliphatic heterocycles. The highest BCUT2D eigenvalue weighted by Gasteiger charge is 2.51. The lowest BCUT2D eigenvalue weighted by atomic mass is 9.90. The zero-order valence-electron chi connectivity index (χ0n) is 15.0. The highest BCUT2D eigenvalue weighted by molar-refractivity contribution is 5.82. The third-order valence-electron chi connectivity index (χ3n) is 5.27. The summed E-state index contributed by atoms with van der Waals surface area (Å²) in [5.41, 5.74) is 0.547. The molecule has 0 unspecified atom stereocenters. The number of amides is 2. The lowest BCUT2D eigenvalue weighted by Gasteiger charge is -2.54. The van der Waals surface area contributed by atoms with E-state index in [2.05, 4.69) is 5.32 Å². The summed E-state index contributed by atoms with van der Waals surface area (Å²) in [5, 5.41) is 2.66. The van der Waals surface area contributed by atoms with Gasteiger partial charge in [0, 0.05) is 13.6 Å². The number of morpholine rings is 1. The van der Waals surface area contributed by atoms with Gasteiger partial charge in [0.1, 0.15) is 11.6 Å². The van der Waals surface area contributed by atoms with E-state index >= 15 is 0 Å². The fourth-order valence-electron chi connectivity index (χ4n) is 3.79. The maximum Gasteiger partial charge on any atom is 0.239 e. The molecule has 0 radical (unpaired) electrons. The molecule has 1 spiro atoms. The van der Waals surface area contributed by atoms with Crippen LogP contribution in [-0.4, -0.2) is 80.4 Å². The molecule has 1 aromatic carbocycles. The second kappa shape index (κ2) is 6.44. The lowest BCUT2D eigenvalue weighted by Crippen LogP contribution is -2.73. The van der Waals surface area contributed by atoms with Crippen LogP contribution in [0.2, 0.25) is 0 Å². The second-order valence-corrected chi connectivity index (χ2v) is 7.15. The molecule has 3 heterocycles. The summed E-state index contributed by atoms with van der Waals surface area (Å²) >= 11 is 0. The number of nitrogens with zero attached hydrogens (tertiary/aromatic N) is 2. The highest BCUT2D eigenvalue weighted by atomic mass is 16.7. The molecule has 2 fully saturated rings. The molecule has 0 saturated carbocycles. The minimum absolute atomic E-state index is 0.0441. The number of rotatable bonds is 3. The average molecular weight is 361 g/mol. The van der Waals surface area contributed by atoms with E-state index in [-0.39, 0.29) is 30.3 Å². The molecule has 0 aromatic heterocycles. The summed E-state index contributed by atoms with van der Waals surface area (Å²) in [6, 6.07) is 5.30. The van der Waals surface area contributed by atoms with E-state index in [0.717, 1.165) is 5.56 Å². The molecule has 0 bridgehead atoms. The molecule has 1 atom stereocenters. The standard InChI is InChI=1S/C18H23N3O5/c1-19-17(23)13-7-26-18(8-20(13)2)9-21(10-18)16(22)6-12-3-4-14-15(5-12)25-11-24-14/h3-5,13H,6-11H2,1-2H3,(H,19,23)/t13-/m1/s1. The fraction of sp³-hybridized carbons (Fsp3) is 0.556. The number of hydrogen-bond acceptors (Lipinski definition) is 6. The van der Waals surface area contributed by atoms with Gasteiger partial charge in [0.05, 0.1) is 26.1 Å². The zero-order valence-corrected chi connectivity index (χ0v) is 15.0. The number of hydrogen-bond donors (Lipinski definition) is 1. The molecule has 4 rings (SSSR count). The fourth-order valence-corrected chi connectivity index (χ4v) is 3.79. The Balaban J connectivity index is 1.32. The maximum atomic E-state index is 12.5. The molecule has 26 heavy (non-hydrogen) atoms. The van der Waals surface area contributed by atoms with Crippen molar-refractivity contribution in [2.75, 3.05) is 47.1 Å². The van der Waals surface area contributed by atoms with Crippen molar-refractivity contribution in [2.24, 2.45) is 0 Å². The molecule has 8 nitrogen and oxygen atoms in total. The summed E-state index contributed by atoms with van der Waals surface area (Å²) in [6.07, 6.45) is 0.323. The van der Waals surface area contributed by atoms with Crippen molar-refractivity contribution >= 4 is 11.8 Å². The Morgan fingerprint density at radius 1 is 1.23 bits per heavy atom. The van der Waals surface area contributed by atoms with E-state index in [1.54, 1.807) is 11.9 Å². The van der Waals surface area contributed by atoms with Crippen LogP contribution >= 0.6 is 0 Å². The van der Waals surface area contributed by atoms with Crippen molar-refractivity contribution in [1.29, 1.82) is 0 Å². The molecule has 0 aliphatic carbocycles. The van der Waals surface area contributed by atoms with Crippen molar-refractivity contribution in [3.63, 3.8) is 0 Å². The summed E-state index contributed by atoms with van der Waals surface area (Å²) < 4.78 is 16.6. The second-order valence-electron chi connectivity index (χ2n) is 7.15. The Bertz CT molecular complexity index is 732. The first-order chi connectivity index (χ1) is 12.5. The van der Waals surface area contributed by atoms with Crippen LogP contribution in [0, 0.1) is 0 Å². The van der Waals surface area contributed by atoms with E-state index < -0.39 is 0 Å². The molecule has 2 amide bonds. The summed E-state index contributed by atoms with van der Waals surface area (Å²) in [5.74, 6) is 1.42. The molecule has 8 heteroatoms. The van der Waals surface area contributed by atoms with Crippen LogP contribution in [-0.2, 0) is 20.7 Å². The van der Waals surface area contributed by atoms with Gasteiger partial charge in [-0.1, -0.05) is 6.07 Å². The monoisotopic (exact) mass is 361 g/mol. The van der Waals surface area contributed by atoms with Crippen LogP contribution in [0.1, 0.15) is 5.56 Å². The Labute approximate surface area is 152 Å². The predicted molar refractivity (Wildman–Crippen MR) is 92.0 cm³/mol. The number of fused-ring (bicyclic) bond motifs is 1. The van der Waals surface area contributed by atoms with Crippen molar-refractivity contribution in [3.05, 3.63) is 23.8 Å². The summed E-state index contributed by atoms with van der Waals surface area (Å²) in [7, 11) is 3.54. The highest BCUT2D eigenvalue weighted by Crippen LogP contribution is 2.34.